The zero-order valence-corrected chi connectivity index (χ0v) is 16.9. The molecular weight excluding hydrogens is 324 g/mol. The van der Waals surface area contributed by atoms with Gasteiger partial charge in [-0.3, -0.25) is 9.89 Å². The zero-order chi connectivity index (χ0) is 18.8. The van der Waals surface area contributed by atoms with Gasteiger partial charge in [-0.2, -0.15) is 0 Å². The molecule has 1 aliphatic heterocycles. The predicted molar refractivity (Wildman–Crippen MR) is 110 cm³/mol. The predicted octanol–water partition coefficient (Wildman–Crippen LogP) is 2.67. The number of guanidine groups is 1. The van der Waals surface area contributed by atoms with Crippen molar-refractivity contribution in [3.63, 3.8) is 0 Å². The third-order valence-electron chi connectivity index (χ3n) is 4.94. The molecule has 1 saturated heterocycles. The summed E-state index contributed by atoms with van der Waals surface area (Å²) < 4.78 is 5.54. The van der Waals surface area contributed by atoms with Crippen LogP contribution in [0.25, 0.3) is 0 Å². The number of nitrogens with zero attached hydrogens (tertiary/aromatic N) is 2. The number of benzene rings is 1. The van der Waals surface area contributed by atoms with Crippen LogP contribution in [0.2, 0.25) is 0 Å². The van der Waals surface area contributed by atoms with E-state index >= 15 is 0 Å². The minimum atomic E-state index is 0.380. The van der Waals surface area contributed by atoms with Gasteiger partial charge in [0.25, 0.3) is 0 Å². The standard InChI is InChI=1S/C21H36N4O/c1-5-22-21(23-15-18(3)25-13-14-26-16-19(25)4)24-17(2)11-12-20-9-7-6-8-10-20/h6-10,17-19H,5,11-16H2,1-4H3,(H2,22,23,24). The minimum Gasteiger partial charge on any atom is -0.379 e. The summed E-state index contributed by atoms with van der Waals surface area (Å²) in [5, 5.41) is 6.93. The quantitative estimate of drug-likeness (QED) is 0.553. The van der Waals surface area contributed by atoms with Crippen molar-refractivity contribution in [1.29, 1.82) is 0 Å². The van der Waals surface area contributed by atoms with Crippen molar-refractivity contribution in [2.45, 2.75) is 58.7 Å². The van der Waals surface area contributed by atoms with Crippen LogP contribution in [0.5, 0.6) is 0 Å². The maximum Gasteiger partial charge on any atom is 0.191 e. The van der Waals surface area contributed by atoms with E-state index in [0.717, 1.165) is 51.6 Å². The largest absolute Gasteiger partial charge is 0.379 e. The Hall–Kier alpha value is -1.59. The summed E-state index contributed by atoms with van der Waals surface area (Å²) in [5.74, 6) is 0.917. The number of ether oxygens (including phenoxy) is 1. The molecule has 0 radical (unpaired) electrons. The Bertz CT molecular complexity index is 534. The number of hydrogen-bond donors (Lipinski definition) is 2. The summed E-state index contributed by atoms with van der Waals surface area (Å²) in [6.07, 6.45) is 2.17. The van der Waals surface area contributed by atoms with Gasteiger partial charge in [0.1, 0.15) is 0 Å². The van der Waals surface area contributed by atoms with E-state index in [9.17, 15) is 0 Å². The van der Waals surface area contributed by atoms with Crippen molar-refractivity contribution < 1.29 is 4.74 Å². The summed E-state index contributed by atoms with van der Waals surface area (Å²) in [4.78, 5) is 7.33. The van der Waals surface area contributed by atoms with Crippen LogP contribution in [0, 0.1) is 0 Å². The first kappa shape index (κ1) is 20.7. The molecule has 1 heterocycles. The van der Waals surface area contributed by atoms with Crippen molar-refractivity contribution in [2.75, 3.05) is 32.8 Å². The molecule has 26 heavy (non-hydrogen) atoms. The molecule has 0 saturated carbocycles. The number of rotatable bonds is 8. The monoisotopic (exact) mass is 360 g/mol. The molecule has 5 nitrogen and oxygen atoms in total. The first-order valence-corrected chi connectivity index (χ1v) is 10.0. The molecule has 5 heteroatoms. The number of morpholine rings is 1. The van der Waals surface area contributed by atoms with Gasteiger partial charge in [-0.05, 0) is 46.1 Å². The van der Waals surface area contributed by atoms with Crippen LogP contribution in [0.15, 0.2) is 35.3 Å². The van der Waals surface area contributed by atoms with Crippen molar-refractivity contribution in [3.8, 4) is 0 Å². The van der Waals surface area contributed by atoms with E-state index in [1.54, 1.807) is 0 Å². The van der Waals surface area contributed by atoms with Gasteiger partial charge in [0.15, 0.2) is 5.96 Å². The number of hydrogen-bond acceptors (Lipinski definition) is 3. The molecule has 2 N–H and O–H groups in total. The fraction of sp³-hybridized carbons (Fsp3) is 0.667. The summed E-state index contributed by atoms with van der Waals surface area (Å²) in [6.45, 7) is 13.1. The number of aryl methyl sites for hydroxylation is 1. The normalized spacial score (nSPS) is 21.2. The Kier molecular flexibility index (Phi) is 8.92. The van der Waals surface area contributed by atoms with E-state index in [-0.39, 0.29) is 0 Å². The Balaban J connectivity index is 1.82. The molecule has 1 aromatic rings. The molecule has 3 atom stereocenters. The summed E-state index contributed by atoms with van der Waals surface area (Å²) >= 11 is 0. The molecular formula is C21H36N4O. The van der Waals surface area contributed by atoms with Crippen LogP contribution in [-0.4, -0.2) is 61.8 Å². The van der Waals surface area contributed by atoms with Gasteiger partial charge in [0.05, 0.1) is 19.8 Å². The summed E-state index contributed by atoms with van der Waals surface area (Å²) in [5.41, 5.74) is 1.39. The molecule has 1 fully saturated rings. The highest BCUT2D eigenvalue weighted by Crippen LogP contribution is 2.11. The fourth-order valence-electron chi connectivity index (χ4n) is 3.38. The van der Waals surface area contributed by atoms with Gasteiger partial charge >= 0.3 is 0 Å². The van der Waals surface area contributed by atoms with Crippen molar-refractivity contribution in [2.24, 2.45) is 4.99 Å². The van der Waals surface area contributed by atoms with Crippen LogP contribution >= 0.6 is 0 Å². The van der Waals surface area contributed by atoms with Crippen molar-refractivity contribution in [3.05, 3.63) is 35.9 Å². The second-order valence-corrected chi connectivity index (χ2v) is 7.30. The van der Waals surface area contributed by atoms with Gasteiger partial charge in [-0.15, -0.1) is 0 Å². The Morgan fingerprint density at radius 2 is 2.08 bits per heavy atom. The Morgan fingerprint density at radius 3 is 2.77 bits per heavy atom. The van der Waals surface area contributed by atoms with Gasteiger partial charge in [0.2, 0.25) is 0 Å². The maximum absolute atomic E-state index is 5.54. The van der Waals surface area contributed by atoms with Crippen LogP contribution in [0.1, 0.15) is 39.7 Å². The maximum atomic E-state index is 5.54. The Labute approximate surface area is 159 Å². The fourth-order valence-corrected chi connectivity index (χ4v) is 3.38. The van der Waals surface area contributed by atoms with Gasteiger partial charge < -0.3 is 15.4 Å². The van der Waals surface area contributed by atoms with Gasteiger partial charge in [-0.25, -0.2) is 0 Å². The van der Waals surface area contributed by atoms with Crippen LogP contribution in [0.4, 0.5) is 0 Å². The third-order valence-corrected chi connectivity index (χ3v) is 4.94. The molecule has 146 valence electrons. The molecule has 1 aliphatic rings. The molecule has 3 unspecified atom stereocenters. The highest BCUT2D eigenvalue weighted by atomic mass is 16.5. The van der Waals surface area contributed by atoms with Gasteiger partial charge in [-0.1, -0.05) is 30.3 Å². The number of aliphatic imine (C=N–C) groups is 1. The summed E-state index contributed by atoms with van der Waals surface area (Å²) in [6, 6.07) is 11.9. The Morgan fingerprint density at radius 1 is 1.31 bits per heavy atom. The lowest BCUT2D eigenvalue weighted by molar-refractivity contribution is -0.0165. The average Bonchev–Trinajstić information content (AvgIpc) is 2.65. The second-order valence-electron chi connectivity index (χ2n) is 7.30. The minimum absolute atomic E-state index is 0.380. The molecule has 0 amide bonds. The van der Waals surface area contributed by atoms with E-state index in [2.05, 4.69) is 73.6 Å². The second kappa shape index (κ2) is 11.2. The van der Waals surface area contributed by atoms with E-state index in [4.69, 9.17) is 9.73 Å². The summed E-state index contributed by atoms with van der Waals surface area (Å²) in [7, 11) is 0. The third kappa shape index (κ3) is 6.96. The highest BCUT2D eigenvalue weighted by molar-refractivity contribution is 5.80. The van der Waals surface area contributed by atoms with E-state index in [0.29, 0.717) is 18.1 Å². The lowest BCUT2D eigenvalue weighted by Crippen LogP contribution is -2.50. The van der Waals surface area contributed by atoms with Crippen LogP contribution in [-0.2, 0) is 11.2 Å². The topological polar surface area (TPSA) is 48.9 Å². The smallest absolute Gasteiger partial charge is 0.191 e. The first-order chi connectivity index (χ1) is 12.6. The van der Waals surface area contributed by atoms with Crippen LogP contribution < -0.4 is 10.6 Å². The zero-order valence-electron chi connectivity index (χ0n) is 16.9. The highest BCUT2D eigenvalue weighted by Gasteiger charge is 2.23. The van der Waals surface area contributed by atoms with Crippen molar-refractivity contribution >= 4 is 5.96 Å². The lowest BCUT2D eigenvalue weighted by atomic mass is 10.1. The van der Waals surface area contributed by atoms with Crippen LogP contribution in [0.3, 0.4) is 0 Å². The molecule has 2 rings (SSSR count). The molecule has 0 spiro atoms. The number of nitrogens with one attached hydrogen (secondary N) is 2. The molecule has 0 aliphatic carbocycles. The lowest BCUT2D eigenvalue weighted by Gasteiger charge is -2.37. The van der Waals surface area contributed by atoms with Crippen molar-refractivity contribution in [1.82, 2.24) is 15.5 Å². The molecule has 0 bridgehead atoms. The molecule has 1 aromatic carbocycles. The first-order valence-electron chi connectivity index (χ1n) is 10.0. The van der Waals surface area contributed by atoms with E-state index < -0.39 is 0 Å². The van der Waals surface area contributed by atoms with E-state index in [1.165, 1.54) is 5.56 Å². The van der Waals surface area contributed by atoms with Gasteiger partial charge in [0, 0.05) is 31.2 Å². The molecule has 0 aromatic heterocycles. The van der Waals surface area contributed by atoms with E-state index in [1.807, 2.05) is 0 Å². The average molecular weight is 361 g/mol. The SMILES string of the molecule is CCNC(=NCC(C)N1CCOCC1C)NC(C)CCc1ccccc1.